The van der Waals surface area contributed by atoms with Gasteiger partial charge >= 0.3 is 0 Å². The van der Waals surface area contributed by atoms with Crippen molar-refractivity contribution >= 4 is 17.5 Å². The third-order valence-corrected chi connectivity index (χ3v) is 6.33. The highest BCUT2D eigenvalue weighted by atomic mass is 16.2. The van der Waals surface area contributed by atoms with Crippen LogP contribution < -0.4 is 15.5 Å². The normalized spacial score (nSPS) is 18.9. The van der Waals surface area contributed by atoms with Gasteiger partial charge in [-0.05, 0) is 63.4 Å². The maximum atomic E-state index is 12.8. The molecule has 2 aliphatic heterocycles. The third kappa shape index (κ3) is 4.74. The molecule has 0 unspecified atom stereocenters. The Labute approximate surface area is 184 Å². The SMILES string of the molecule is CC(C)N1C(=O)c2ccccc2[C@H]1Nc1ccc(C(=O)NCC[NH+]2CCCCC2)cc1. The topological polar surface area (TPSA) is 65.9 Å². The highest BCUT2D eigenvalue weighted by Gasteiger charge is 2.37. The van der Waals surface area contributed by atoms with E-state index in [4.69, 9.17) is 0 Å². The van der Waals surface area contributed by atoms with Crippen molar-refractivity contribution < 1.29 is 14.5 Å². The molecule has 2 amide bonds. The maximum absolute atomic E-state index is 12.8. The molecule has 4 rings (SSSR count). The molecule has 2 heterocycles. The number of hydrogen-bond donors (Lipinski definition) is 3. The van der Waals surface area contributed by atoms with Gasteiger partial charge in [0, 0.05) is 28.4 Å². The van der Waals surface area contributed by atoms with Crippen molar-refractivity contribution in [1.82, 2.24) is 10.2 Å². The van der Waals surface area contributed by atoms with Gasteiger partial charge in [0.2, 0.25) is 0 Å². The van der Waals surface area contributed by atoms with Gasteiger partial charge in [-0.2, -0.15) is 0 Å². The molecule has 6 heteroatoms. The molecule has 0 bridgehead atoms. The Balaban J connectivity index is 1.37. The van der Waals surface area contributed by atoms with E-state index < -0.39 is 0 Å². The Bertz CT molecular complexity index is 919. The van der Waals surface area contributed by atoms with Crippen LogP contribution in [0, 0.1) is 0 Å². The predicted octanol–water partition coefficient (Wildman–Crippen LogP) is 2.46. The van der Waals surface area contributed by atoms with E-state index in [9.17, 15) is 9.59 Å². The zero-order valence-electron chi connectivity index (χ0n) is 18.5. The number of carbonyl (C=O) groups excluding carboxylic acids is 2. The molecule has 31 heavy (non-hydrogen) atoms. The van der Waals surface area contributed by atoms with E-state index in [0.717, 1.165) is 23.4 Å². The zero-order valence-corrected chi connectivity index (χ0v) is 18.5. The number of nitrogens with one attached hydrogen (secondary N) is 3. The Morgan fingerprint density at radius 2 is 1.77 bits per heavy atom. The fourth-order valence-corrected chi connectivity index (χ4v) is 4.65. The molecule has 0 aliphatic carbocycles. The summed E-state index contributed by atoms with van der Waals surface area (Å²) in [4.78, 5) is 28.8. The molecule has 0 radical (unpaired) electrons. The number of fused-ring (bicyclic) bond motifs is 1. The highest BCUT2D eigenvalue weighted by Crippen LogP contribution is 2.35. The zero-order chi connectivity index (χ0) is 21.8. The van der Waals surface area contributed by atoms with Crippen LogP contribution in [0.1, 0.15) is 65.6 Å². The summed E-state index contributed by atoms with van der Waals surface area (Å²) in [5.74, 6) is 0.0167. The molecule has 2 aliphatic rings. The molecule has 2 aromatic carbocycles. The summed E-state index contributed by atoms with van der Waals surface area (Å²) < 4.78 is 0. The molecule has 164 valence electrons. The lowest BCUT2D eigenvalue weighted by molar-refractivity contribution is -0.903. The van der Waals surface area contributed by atoms with Gasteiger partial charge < -0.3 is 20.4 Å². The van der Waals surface area contributed by atoms with Crippen molar-refractivity contribution in [3.8, 4) is 0 Å². The Kier molecular flexibility index (Phi) is 6.56. The maximum Gasteiger partial charge on any atom is 0.256 e. The fourth-order valence-electron chi connectivity index (χ4n) is 4.65. The molecule has 1 saturated heterocycles. The highest BCUT2D eigenvalue weighted by molar-refractivity contribution is 5.99. The Morgan fingerprint density at radius 3 is 2.48 bits per heavy atom. The molecule has 0 spiro atoms. The van der Waals surface area contributed by atoms with Crippen LogP contribution in [0.15, 0.2) is 48.5 Å². The second kappa shape index (κ2) is 9.52. The minimum atomic E-state index is -0.212. The van der Waals surface area contributed by atoms with Gasteiger partial charge in [-0.25, -0.2) is 0 Å². The van der Waals surface area contributed by atoms with E-state index in [2.05, 4.69) is 10.6 Å². The summed E-state index contributed by atoms with van der Waals surface area (Å²) in [5.41, 5.74) is 3.28. The number of anilines is 1. The molecule has 1 fully saturated rings. The van der Waals surface area contributed by atoms with Crippen molar-refractivity contribution in [2.75, 3.05) is 31.5 Å². The van der Waals surface area contributed by atoms with E-state index in [1.165, 1.54) is 32.4 Å². The van der Waals surface area contributed by atoms with Crippen molar-refractivity contribution in [2.24, 2.45) is 0 Å². The largest absolute Gasteiger partial charge is 0.361 e. The summed E-state index contributed by atoms with van der Waals surface area (Å²) in [6, 6.07) is 15.3. The van der Waals surface area contributed by atoms with Crippen LogP contribution in [-0.4, -0.2) is 48.9 Å². The predicted molar refractivity (Wildman–Crippen MR) is 122 cm³/mol. The van der Waals surface area contributed by atoms with Crippen LogP contribution >= 0.6 is 0 Å². The van der Waals surface area contributed by atoms with Crippen LogP contribution in [0.25, 0.3) is 0 Å². The molecule has 3 N–H and O–H groups in total. The Hall–Kier alpha value is -2.86. The van der Waals surface area contributed by atoms with Gasteiger partial charge in [0.1, 0.15) is 6.17 Å². The second-order valence-corrected chi connectivity index (χ2v) is 8.83. The second-order valence-electron chi connectivity index (χ2n) is 8.83. The van der Waals surface area contributed by atoms with Gasteiger partial charge in [0.25, 0.3) is 11.8 Å². The average molecular weight is 422 g/mol. The van der Waals surface area contributed by atoms with E-state index in [0.29, 0.717) is 12.1 Å². The number of hydrogen-bond acceptors (Lipinski definition) is 3. The molecule has 0 saturated carbocycles. The summed E-state index contributed by atoms with van der Waals surface area (Å²) in [7, 11) is 0. The summed E-state index contributed by atoms with van der Waals surface area (Å²) in [6.45, 7) is 8.19. The van der Waals surface area contributed by atoms with Gasteiger partial charge in [0.05, 0.1) is 26.2 Å². The van der Waals surface area contributed by atoms with E-state index >= 15 is 0 Å². The molecular formula is C25H33N4O2+. The van der Waals surface area contributed by atoms with Crippen LogP contribution in [0.2, 0.25) is 0 Å². The number of rotatable bonds is 7. The van der Waals surface area contributed by atoms with Crippen LogP contribution in [-0.2, 0) is 0 Å². The lowest BCUT2D eigenvalue weighted by Gasteiger charge is -2.30. The molecule has 2 aromatic rings. The number of nitrogens with zero attached hydrogens (tertiary/aromatic N) is 1. The monoisotopic (exact) mass is 421 g/mol. The van der Waals surface area contributed by atoms with Gasteiger partial charge in [0.15, 0.2) is 0 Å². The van der Waals surface area contributed by atoms with Gasteiger partial charge in [-0.3, -0.25) is 9.59 Å². The number of carbonyl (C=O) groups is 2. The minimum Gasteiger partial charge on any atom is -0.361 e. The molecule has 1 atom stereocenters. The first-order valence-corrected chi connectivity index (χ1v) is 11.4. The van der Waals surface area contributed by atoms with Gasteiger partial charge in [-0.1, -0.05) is 18.2 Å². The molecule has 0 aromatic heterocycles. The lowest BCUT2D eigenvalue weighted by atomic mass is 10.1. The first kappa shape index (κ1) is 21.4. The number of quaternary nitrogens is 1. The average Bonchev–Trinajstić information content (AvgIpc) is 3.07. The third-order valence-electron chi connectivity index (χ3n) is 6.33. The van der Waals surface area contributed by atoms with Crippen molar-refractivity contribution in [2.45, 2.75) is 45.3 Å². The standard InChI is InChI=1S/C25H32N4O2/c1-18(2)29-23(21-8-4-5-9-22(21)25(29)31)27-20-12-10-19(11-13-20)24(30)26-14-17-28-15-6-3-7-16-28/h4-5,8-13,18,23,27H,3,6-7,14-17H2,1-2H3,(H,26,30)/p+1/t23-/m0/s1. The summed E-state index contributed by atoms with van der Waals surface area (Å²) in [6.07, 6.45) is 3.72. The number of benzene rings is 2. The van der Waals surface area contributed by atoms with Crippen LogP contribution in [0.4, 0.5) is 5.69 Å². The first-order chi connectivity index (χ1) is 15.0. The van der Waals surface area contributed by atoms with E-state index in [1.807, 2.05) is 67.3 Å². The molecular weight excluding hydrogens is 388 g/mol. The lowest BCUT2D eigenvalue weighted by Crippen LogP contribution is -3.13. The number of amides is 2. The number of piperidine rings is 1. The first-order valence-electron chi connectivity index (χ1n) is 11.4. The quantitative estimate of drug-likeness (QED) is 0.644. The summed E-state index contributed by atoms with van der Waals surface area (Å²) in [5, 5.41) is 6.53. The number of likely N-dealkylation sites (tertiary alicyclic amines) is 1. The smallest absolute Gasteiger partial charge is 0.256 e. The van der Waals surface area contributed by atoms with E-state index in [-0.39, 0.29) is 24.0 Å². The minimum absolute atomic E-state index is 0.0341. The van der Waals surface area contributed by atoms with Crippen molar-refractivity contribution in [3.05, 3.63) is 65.2 Å². The fraction of sp³-hybridized carbons (Fsp3) is 0.440. The van der Waals surface area contributed by atoms with E-state index in [1.54, 1.807) is 4.90 Å². The van der Waals surface area contributed by atoms with Crippen molar-refractivity contribution in [1.29, 1.82) is 0 Å². The summed E-state index contributed by atoms with van der Waals surface area (Å²) >= 11 is 0. The van der Waals surface area contributed by atoms with Crippen LogP contribution in [0.5, 0.6) is 0 Å². The van der Waals surface area contributed by atoms with Gasteiger partial charge in [-0.15, -0.1) is 0 Å². The Morgan fingerprint density at radius 1 is 1.06 bits per heavy atom. The van der Waals surface area contributed by atoms with Crippen molar-refractivity contribution in [3.63, 3.8) is 0 Å². The van der Waals surface area contributed by atoms with Crippen LogP contribution in [0.3, 0.4) is 0 Å². The molecule has 6 nitrogen and oxygen atoms in total.